The molecule has 1 N–H and O–H groups in total. The van der Waals surface area contributed by atoms with Crippen LogP contribution in [0.25, 0.3) is 0 Å². The molecule has 0 aliphatic heterocycles. The van der Waals surface area contributed by atoms with Crippen LogP contribution in [-0.2, 0) is 9.84 Å². The predicted octanol–water partition coefficient (Wildman–Crippen LogP) is 3.08. The van der Waals surface area contributed by atoms with Gasteiger partial charge in [-0.25, -0.2) is 8.42 Å². The highest BCUT2D eigenvalue weighted by molar-refractivity contribution is 7.91. The zero-order valence-corrected chi connectivity index (χ0v) is 12.1. The van der Waals surface area contributed by atoms with E-state index in [4.69, 9.17) is 0 Å². The molecular weight excluding hydrogens is 258 g/mol. The summed E-state index contributed by atoms with van der Waals surface area (Å²) in [6, 6.07) is 7.79. The molecule has 104 valence electrons. The standard InChI is InChI=1S/C15H21NO2S/c1-2-19(17,18)15-6-4-3-5-13(15)16-14-10-11-7-8-12(14)9-11/h3-6,11-12,14,16H,2,7-10H2,1H3. The Hall–Kier alpha value is -1.03. The van der Waals surface area contributed by atoms with Crippen LogP contribution >= 0.6 is 0 Å². The van der Waals surface area contributed by atoms with E-state index in [0.29, 0.717) is 10.9 Å². The van der Waals surface area contributed by atoms with E-state index in [0.717, 1.165) is 17.5 Å². The van der Waals surface area contributed by atoms with Crippen molar-refractivity contribution in [1.29, 1.82) is 0 Å². The summed E-state index contributed by atoms with van der Waals surface area (Å²) >= 11 is 0. The van der Waals surface area contributed by atoms with Crippen LogP contribution in [0.4, 0.5) is 5.69 Å². The smallest absolute Gasteiger partial charge is 0.180 e. The number of sulfone groups is 1. The molecule has 3 nitrogen and oxygen atoms in total. The fourth-order valence-corrected chi connectivity index (χ4v) is 4.69. The Kier molecular flexibility index (Phi) is 3.29. The molecule has 0 spiro atoms. The summed E-state index contributed by atoms with van der Waals surface area (Å²) in [4.78, 5) is 0.459. The third-order valence-corrected chi connectivity index (χ3v) is 6.47. The molecule has 0 radical (unpaired) electrons. The minimum atomic E-state index is -3.15. The van der Waals surface area contributed by atoms with Crippen LogP contribution in [0.5, 0.6) is 0 Å². The van der Waals surface area contributed by atoms with E-state index in [2.05, 4.69) is 5.32 Å². The number of anilines is 1. The molecule has 1 aromatic carbocycles. The molecule has 19 heavy (non-hydrogen) atoms. The highest BCUT2D eigenvalue weighted by atomic mass is 32.2. The van der Waals surface area contributed by atoms with Crippen LogP contribution < -0.4 is 5.32 Å². The Morgan fingerprint density at radius 1 is 1.21 bits per heavy atom. The van der Waals surface area contributed by atoms with Crippen molar-refractivity contribution in [1.82, 2.24) is 0 Å². The molecule has 2 fully saturated rings. The maximum Gasteiger partial charge on any atom is 0.180 e. The first kappa shape index (κ1) is 13.0. The van der Waals surface area contributed by atoms with Gasteiger partial charge in [0.05, 0.1) is 16.3 Å². The van der Waals surface area contributed by atoms with Gasteiger partial charge in [0, 0.05) is 6.04 Å². The first-order chi connectivity index (χ1) is 9.10. The highest BCUT2D eigenvalue weighted by Gasteiger charge is 2.39. The Bertz CT molecular complexity index is 567. The molecule has 0 aromatic heterocycles. The molecule has 2 aliphatic carbocycles. The van der Waals surface area contributed by atoms with Crippen LogP contribution in [0.1, 0.15) is 32.6 Å². The number of para-hydroxylation sites is 1. The number of hydrogen-bond donors (Lipinski definition) is 1. The van der Waals surface area contributed by atoms with Crippen molar-refractivity contribution < 1.29 is 8.42 Å². The van der Waals surface area contributed by atoms with Crippen molar-refractivity contribution >= 4 is 15.5 Å². The molecule has 2 aliphatic rings. The Morgan fingerprint density at radius 3 is 2.63 bits per heavy atom. The van der Waals surface area contributed by atoms with Gasteiger partial charge in [0.1, 0.15) is 0 Å². The van der Waals surface area contributed by atoms with E-state index in [1.54, 1.807) is 19.1 Å². The van der Waals surface area contributed by atoms with Gasteiger partial charge in [-0.15, -0.1) is 0 Å². The third kappa shape index (κ3) is 2.38. The normalized spacial score (nSPS) is 29.6. The lowest BCUT2D eigenvalue weighted by molar-refractivity contribution is 0.439. The van der Waals surface area contributed by atoms with Gasteiger partial charge >= 0.3 is 0 Å². The molecular formula is C15H21NO2S. The molecule has 3 rings (SSSR count). The quantitative estimate of drug-likeness (QED) is 0.921. The predicted molar refractivity (Wildman–Crippen MR) is 77.0 cm³/mol. The van der Waals surface area contributed by atoms with E-state index < -0.39 is 9.84 Å². The monoisotopic (exact) mass is 279 g/mol. The second-order valence-electron chi connectivity index (χ2n) is 5.83. The zero-order chi connectivity index (χ0) is 13.5. The van der Waals surface area contributed by atoms with E-state index in [1.807, 2.05) is 12.1 Å². The highest BCUT2D eigenvalue weighted by Crippen LogP contribution is 2.45. The molecule has 0 saturated heterocycles. The maximum atomic E-state index is 12.1. The van der Waals surface area contributed by atoms with Gasteiger partial charge in [0.25, 0.3) is 0 Å². The van der Waals surface area contributed by atoms with Crippen molar-refractivity contribution in [3.05, 3.63) is 24.3 Å². The average molecular weight is 279 g/mol. The maximum absolute atomic E-state index is 12.1. The van der Waals surface area contributed by atoms with Gasteiger partial charge in [-0.3, -0.25) is 0 Å². The lowest BCUT2D eigenvalue weighted by Crippen LogP contribution is -2.26. The minimum Gasteiger partial charge on any atom is -0.381 e. The molecule has 3 unspecified atom stereocenters. The van der Waals surface area contributed by atoms with Crippen molar-refractivity contribution in [2.75, 3.05) is 11.1 Å². The summed E-state index contributed by atoms with van der Waals surface area (Å²) in [7, 11) is -3.15. The SMILES string of the molecule is CCS(=O)(=O)c1ccccc1NC1CC2CCC1C2. The van der Waals surface area contributed by atoms with Gasteiger partial charge < -0.3 is 5.32 Å². The number of benzene rings is 1. The number of nitrogens with one attached hydrogen (secondary N) is 1. The van der Waals surface area contributed by atoms with Gasteiger partial charge in [0.15, 0.2) is 9.84 Å². The van der Waals surface area contributed by atoms with Crippen molar-refractivity contribution in [2.24, 2.45) is 11.8 Å². The first-order valence-electron chi connectivity index (χ1n) is 7.18. The van der Waals surface area contributed by atoms with E-state index in [9.17, 15) is 8.42 Å². The lowest BCUT2D eigenvalue weighted by atomic mass is 9.95. The number of rotatable bonds is 4. The van der Waals surface area contributed by atoms with Gasteiger partial charge in [-0.05, 0) is 43.2 Å². The summed E-state index contributed by atoms with van der Waals surface area (Å²) < 4.78 is 24.2. The van der Waals surface area contributed by atoms with Gasteiger partial charge in [0.2, 0.25) is 0 Å². The summed E-state index contributed by atoms with van der Waals surface area (Å²) in [6.45, 7) is 1.70. The second kappa shape index (κ2) is 4.82. The van der Waals surface area contributed by atoms with Crippen LogP contribution in [0.3, 0.4) is 0 Å². The average Bonchev–Trinajstić information content (AvgIpc) is 3.01. The number of hydrogen-bond acceptors (Lipinski definition) is 3. The fourth-order valence-electron chi connectivity index (χ4n) is 3.63. The summed E-state index contributed by atoms with van der Waals surface area (Å²) in [5.74, 6) is 1.75. The second-order valence-corrected chi connectivity index (χ2v) is 8.07. The van der Waals surface area contributed by atoms with E-state index in [-0.39, 0.29) is 5.75 Å². The van der Waals surface area contributed by atoms with E-state index >= 15 is 0 Å². The Balaban J connectivity index is 1.85. The molecule has 3 atom stereocenters. The number of fused-ring (bicyclic) bond motifs is 2. The first-order valence-corrected chi connectivity index (χ1v) is 8.83. The topological polar surface area (TPSA) is 46.2 Å². The third-order valence-electron chi connectivity index (χ3n) is 4.68. The van der Waals surface area contributed by atoms with Crippen LogP contribution in [-0.4, -0.2) is 20.2 Å². The molecule has 2 bridgehead atoms. The summed E-state index contributed by atoms with van der Waals surface area (Å²) in [5.41, 5.74) is 0.793. The zero-order valence-electron chi connectivity index (χ0n) is 11.3. The van der Waals surface area contributed by atoms with Gasteiger partial charge in [-0.1, -0.05) is 25.5 Å². The van der Waals surface area contributed by atoms with Crippen LogP contribution in [0, 0.1) is 11.8 Å². The van der Waals surface area contributed by atoms with Crippen molar-refractivity contribution in [3.63, 3.8) is 0 Å². The molecule has 4 heteroatoms. The van der Waals surface area contributed by atoms with Crippen molar-refractivity contribution in [2.45, 2.75) is 43.5 Å². The fraction of sp³-hybridized carbons (Fsp3) is 0.600. The van der Waals surface area contributed by atoms with Crippen molar-refractivity contribution in [3.8, 4) is 0 Å². The molecule has 0 heterocycles. The molecule has 2 saturated carbocycles. The van der Waals surface area contributed by atoms with Gasteiger partial charge in [-0.2, -0.15) is 0 Å². The van der Waals surface area contributed by atoms with Crippen LogP contribution in [0.15, 0.2) is 29.2 Å². The Morgan fingerprint density at radius 2 is 2.00 bits per heavy atom. The van der Waals surface area contributed by atoms with Crippen LogP contribution in [0.2, 0.25) is 0 Å². The lowest BCUT2D eigenvalue weighted by Gasteiger charge is -2.25. The summed E-state index contributed by atoms with van der Waals surface area (Å²) in [6.07, 6.45) is 5.17. The van der Waals surface area contributed by atoms with E-state index in [1.165, 1.54) is 25.7 Å². The Labute approximate surface area is 115 Å². The summed E-state index contributed by atoms with van der Waals surface area (Å²) in [5, 5.41) is 3.50. The largest absolute Gasteiger partial charge is 0.381 e. The molecule has 1 aromatic rings. The minimum absolute atomic E-state index is 0.155. The molecule has 0 amide bonds.